The van der Waals surface area contributed by atoms with Crippen molar-refractivity contribution in [1.29, 1.82) is 0 Å². The normalized spacial score (nSPS) is 11.3. The summed E-state index contributed by atoms with van der Waals surface area (Å²) in [6.07, 6.45) is 1.70. The monoisotopic (exact) mass is 349 g/mol. The Morgan fingerprint density at radius 3 is 2.65 bits per heavy atom. The van der Waals surface area contributed by atoms with E-state index >= 15 is 0 Å². The van der Waals surface area contributed by atoms with Crippen LogP contribution in [0.4, 0.5) is 5.69 Å². The number of para-hydroxylation sites is 1. The van der Waals surface area contributed by atoms with E-state index in [1.165, 1.54) is 5.69 Å². The van der Waals surface area contributed by atoms with Gasteiger partial charge in [0, 0.05) is 11.1 Å². The molecule has 0 amide bonds. The van der Waals surface area contributed by atoms with Crippen molar-refractivity contribution >= 4 is 17.0 Å². The fraction of sp³-hybridized carbons (Fsp3) is 0.133. The first kappa shape index (κ1) is 14.8. The lowest BCUT2D eigenvalue weighted by atomic mass is 10.3. The summed E-state index contributed by atoms with van der Waals surface area (Å²) in [7, 11) is 0. The molecule has 0 saturated carbocycles. The number of furan rings is 1. The van der Waals surface area contributed by atoms with Gasteiger partial charge >= 0.3 is 0 Å². The van der Waals surface area contributed by atoms with Gasteiger partial charge in [-0.15, -0.1) is 11.3 Å². The zero-order valence-corrected chi connectivity index (χ0v) is 13.4. The number of aryl methyl sites for hydroxylation is 1. The summed E-state index contributed by atoms with van der Waals surface area (Å²) < 4.78 is 7.57. The molecule has 0 spiro atoms. The Kier molecular flexibility index (Phi) is 4.98. The summed E-state index contributed by atoms with van der Waals surface area (Å²) in [4.78, 5) is 5.67. The lowest BCUT2D eigenvalue weighted by molar-refractivity contribution is -0.00000438. The van der Waals surface area contributed by atoms with Gasteiger partial charge in [-0.05, 0) is 31.2 Å². The topological polar surface area (TPSA) is 30.4 Å². The highest BCUT2D eigenvalue weighted by Gasteiger charge is 2.04. The van der Waals surface area contributed by atoms with Gasteiger partial charge in [0.15, 0.2) is 4.80 Å². The third-order valence-electron chi connectivity index (χ3n) is 2.87. The summed E-state index contributed by atoms with van der Waals surface area (Å²) in [5, 5.41) is 2.12. The Morgan fingerprint density at radius 2 is 1.95 bits per heavy atom. The van der Waals surface area contributed by atoms with Crippen LogP contribution in [0.1, 0.15) is 11.5 Å². The van der Waals surface area contributed by atoms with Crippen LogP contribution in [-0.4, -0.2) is 4.57 Å². The molecule has 2 aromatic heterocycles. The van der Waals surface area contributed by atoms with Gasteiger partial charge in [-0.25, -0.2) is 4.99 Å². The third kappa shape index (κ3) is 3.29. The highest BCUT2D eigenvalue weighted by molar-refractivity contribution is 7.07. The van der Waals surface area contributed by atoms with Crippen LogP contribution in [-0.2, 0) is 6.54 Å². The molecule has 0 bridgehead atoms. The van der Waals surface area contributed by atoms with E-state index in [1.54, 1.807) is 17.6 Å². The van der Waals surface area contributed by atoms with Crippen molar-refractivity contribution in [2.24, 2.45) is 4.99 Å². The highest BCUT2D eigenvalue weighted by atomic mass is 79.9. The van der Waals surface area contributed by atoms with Crippen molar-refractivity contribution in [1.82, 2.24) is 4.57 Å². The molecule has 104 valence electrons. The van der Waals surface area contributed by atoms with Crippen LogP contribution in [0.5, 0.6) is 0 Å². The smallest absolute Gasteiger partial charge is 0.190 e. The van der Waals surface area contributed by atoms with Gasteiger partial charge in [0.1, 0.15) is 5.76 Å². The molecule has 3 nitrogen and oxygen atoms in total. The number of hydrogen-bond donors (Lipinski definition) is 0. The van der Waals surface area contributed by atoms with Gasteiger partial charge in [0.05, 0.1) is 18.5 Å². The molecule has 0 aliphatic carbocycles. The molecular formula is C15H14BrN2OS-. The molecular weight excluding hydrogens is 336 g/mol. The van der Waals surface area contributed by atoms with E-state index in [0.717, 1.165) is 16.2 Å². The number of thiazole rings is 1. The van der Waals surface area contributed by atoms with E-state index in [-0.39, 0.29) is 17.0 Å². The summed E-state index contributed by atoms with van der Waals surface area (Å²) in [5.74, 6) is 0.941. The van der Waals surface area contributed by atoms with Crippen molar-refractivity contribution in [3.05, 3.63) is 70.4 Å². The lowest BCUT2D eigenvalue weighted by Crippen LogP contribution is -3.00. The quantitative estimate of drug-likeness (QED) is 0.685. The van der Waals surface area contributed by atoms with Crippen molar-refractivity contribution in [3.8, 4) is 0 Å². The molecule has 0 unspecified atom stereocenters. The van der Waals surface area contributed by atoms with Crippen LogP contribution < -0.4 is 21.8 Å². The Morgan fingerprint density at radius 1 is 1.15 bits per heavy atom. The van der Waals surface area contributed by atoms with Crippen LogP contribution in [0.25, 0.3) is 0 Å². The van der Waals surface area contributed by atoms with Crippen LogP contribution in [0.15, 0.2) is 63.5 Å². The molecule has 0 saturated heterocycles. The first-order valence-corrected chi connectivity index (χ1v) is 6.98. The molecule has 0 fully saturated rings. The van der Waals surface area contributed by atoms with Crippen molar-refractivity contribution < 1.29 is 21.4 Å². The molecule has 2 heterocycles. The molecule has 0 aliphatic heterocycles. The fourth-order valence-electron chi connectivity index (χ4n) is 1.87. The number of rotatable bonds is 3. The van der Waals surface area contributed by atoms with Crippen LogP contribution in [0.3, 0.4) is 0 Å². The number of halogens is 1. The Balaban J connectivity index is 0.00000147. The Bertz CT molecular complexity index is 714. The van der Waals surface area contributed by atoms with Gasteiger partial charge < -0.3 is 26.0 Å². The summed E-state index contributed by atoms with van der Waals surface area (Å²) >= 11 is 1.65. The maximum Gasteiger partial charge on any atom is 0.190 e. The maximum absolute atomic E-state index is 5.41. The van der Waals surface area contributed by atoms with Gasteiger partial charge in [-0.3, -0.25) is 0 Å². The van der Waals surface area contributed by atoms with E-state index in [0.29, 0.717) is 6.54 Å². The molecule has 20 heavy (non-hydrogen) atoms. The van der Waals surface area contributed by atoms with E-state index in [1.807, 2.05) is 42.5 Å². The highest BCUT2D eigenvalue weighted by Crippen LogP contribution is 2.11. The Labute approximate surface area is 132 Å². The average Bonchev–Trinajstić information content (AvgIpc) is 3.05. The van der Waals surface area contributed by atoms with Crippen molar-refractivity contribution in [3.63, 3.8) is 0 Å². The molecule has 0 radical (unpaired) electrons. The van der Waals surface area contributed by atoms with Crippen LogP contribution in [0, 0.1) is 6.92 Å². The molecule has 0 atom stereocenters. The largest absolute Gasteiger partial charge is 1.00 e. The number of nitrogens with zero attached hydrogens (tertiary/aromatic N) is 2. The second-order valence-electron chi connectivity index (χ2n) is 4.27. The van der Waals surface area contributed by atoms with Gasteiger partial charge in [0.25, 0.3) is 0 Å². The van der Waals surface area contributed by atoms with Gasteiger partial charge in [0.2, 0.25) is 0 Å². The first-order valence-electron chi connectivity index (χ1n) is 6.10. The molecule has 3 aromatic rings. The van der Waals surface area contributed by atoms with E-state index in [2.05, 4.69) is 21.9 Å². The second-order valence-corrected chi connectivity index (χ2v) is 5.11. The minimum absolute atomic E-state index is 0. The zero-order valence-electron chi connectivity index (χ0n) is 11.0. The van der Waals surface area contributed by atoms with E-state index in [9.17, 15) is 0 Å². The summed E-state index contributed by atoms with van der Waals surface area (Å²) in [5.41, 5.74) is 2.16. The maximum atomic E-state index is 5.41. The van der Waals surface area contributed by atoms with E-state index < -0.39 is 0 Å². The molecule has 3 rings (SSSR count). The molecule has 1 aromatic carbocycles. The predicted octanol–water partition coefficient (Wildman–Crippen LogP) is 0.736. The van der Waals surface area contributed by atoms with Crippen LogP contribution >= 0.6 is 11.3 Å². The van der Waals surface area contributed by atoms with Crippen molar-refractivity contribution in [2.75, 3.05) is 0 Å². The SMILES string of the molecule is Cc1csc(=Nc2ccccc2)n1Cc1ccco1.[Br-]. The fourth-order valence-corrected chi connectivity index (χ4v) is 2.76. The lowest BCUT2D eigenvalue weighted by Gasteiger charge is -2.03. The first-order chi connectivity index (χ1) is 9.33. The van der Waals surface area contributed by atoms with Gasteiger partial charge in [-0.2, -0.15) is 0 Å². The number of aromatic nitrogens is 1. The minimum atomic E-state index is 0. The standard InChI is InChI=1S/C15H14N2OS.BrH/c1-12-11-19-15(16-13-6-3-2-4-7-13)17(12)10-14-8-5-9-18-14;/h2-9,11H,10H2,1H3;1H/p-1. The molecule has 0 N–H and O–H groups in total. The van der Waals surface area contributed by atoms with Gasteiger partial charge in [-0.1, -0.05) is 18.2 Å². The van der Waals surface area contributed by atoms with E-state index in [4.69, 9.17) is 4.42 Å². The van der Waals surface area contributed by atoms with Crippen molar-refractivity contribution in [2.45, 2.75) is 13.5 Å². The molecule has 0 aliphatic rings. The molecule has 5 heteroatoms. The second kappa shape index (κ2) is 6.72. The van der Waals surface area contributed by atoms with Crippen LogP contribution in [0.2, 0.25) is 0 Å². The summed E-state index contributed by atoms with van der Waals surface area (Å²) in [6, 6.07) is 13.9. The third-order valence-corrected chi connectivity index (χ3v) is 3.85. The summed E-state index contributed by atoms with van der Waals surface area (Å²) in [6.45, 7) is 2.80. The minimum Gasteiger partial charge on any atom is -1.00 e. The average molecular weight is 350 g/mol. The zero-order chi connectivity index (χ0) is 13.1. The number of benzene rings is 1. The Hall–Kier alpha value is -1.59. The number of hydrogen-bond acceptors (Lipinski definition) is 3. The predicted molar refractivity (Wildman–Crippen MR) is 76.5 cm³/mol.